The van der Waals surface area contributed by atoms with E-state index in [0.717, 1.165) is 12.8 Å². The van der Waals surface area contributed by atoms with Crippen molar-refractivity contribution in [1.29, 1.82) is 0 Å². The fourth-order valence-corrected chi connectivity index (χ4v) is 3.98. The van der Waals surface area contributed by atoms with Gasteiger partial charge in [-0.25, -0.2) is 13.2 Å². The van der Waals surface area contributed by atoms with Gasteiger partial charge in [0.1, 0.15) is 5.60 Å². The van der Waals surface area contributed by atoms with Crippen LogP contribution in [0.15, 0.2) is 0 Å². The minimum absolute atomic E-state index is 0.0556. The predicted octanol–water partition coefficient (Wildman–Crippen LogP) is 2.21. The lowest BCUT2D eigenvalue weighted by molar-refractivity contribution is 0.0241. The predicted molar refractivity (Wildman–Crippen MR) is 74.9 cm³/mol. The number of carbonyl (C=O) groups excluding carboxylic acids is 1. The highest BCUT2D eigenvalue weighted by Crippen LogP contribution is 2.22. The molecule has 1 rings (SSSR count). The van der Waals surface area contributed by atoms with Gasteiger partial charge in [0, 0.05) is 18.3 Å². The molecule has 5 nitrogen and oxygen atoms in total. The molecule has 6 heteroatoms. The minimum atomic E-state index is -3.07. The van der Waals surface area contributed by atoms with E-state index in [1.54, 1.807) is 4.90 Å². The Kier molecular flexibility index (Phi) is 5.24. The average molecular weight is 291 g/mol. The van der Waals surface area contributed by atoms with Crippen LogP contribution in [0.2, 0.25) is 0 Å². The first-order chi connectivity index (χ1) is 8.64. The smallest absolute Gasteiger partial charge is 0.410 e. The van der Waals surface area contributed by atoms with E-state index >= 15 is 0 Å². The number of hydrogen-bond donors (Lipinski definition) is 0. The molecule has 1 atom stereocenters. The summed E-state index contributed by atoms with van der Waals surface area (Å²) in [5, 5.41) is 0. The van der Waals surface area contributed by atoms with Gasteiger partial charge < -0.3 is 9.64 Å². The first kappa shape index (κ1) is 16.3. The van der Waals surface area contributed by atoms with Gasteiger partial charge in [0.05, 0.1) is 5.75 Å². The Labute approximate surface area is 116 Å². The molecule has 1 aliphatic rings. The van der Waals surface area contributed by atoms with Crippen molar-refractivity contribution in [3.05, 3.63) is 0 Å². The third-order valence-corrected chi connectivity index (χ3v) is 4.89. The molecule has 0 unspecified atom stereocenters. The van der Waals surface area contributed by atoms with E-state index in [2.05, 4.69) is 0 Å². The van der Waals surface area contributed by atoms with Crippen LogP contribution in [-0.4, -0.2) is 49.1 Å². The van der Waals surface area contributed by atoms with Crippen molar-refractivity contribution in [2.45, 2.75) is 58.6 Å². The Morgan fingerprint density at radius 1 is 1.37 bits per heavy atom. The standard InChI is InChI=1S/C13H25NO4S/c1-5-9-19(16,17)10-11-7-6-8-14(11)12(15)18-13(2,3)4/h11H,5-10H2,1-4H3/t11-/m1/s1. The topological polar surface area (TPSA) is 63.7 Å². The molecule has 0 spiro atoms. The van der Waals surface area contributed by atoms with Gasteiger partial charge >= 0.3 is 6.09 Å². The molecule has 1 aliphatic heterocycles. The molecule has 1 amide bonds. The van der Waals surface area contributed by atoms with Gasteiger partial charge in [-0.3, -0.25) is 0 Å². The lowest BCUT2D eigenvalue weighted by Crippen LogP contribution is -2.42. The molecule has 19 heavy (non-hydrogen) atoms. The lowest BCUT2D eigenvalue weighted by Gasteiger charge is -2.28. The van der Waals surface area contributed by atoms with Crippen LogP contribution in [0.1, 0.15) is 47.0 Å². The molecule has 112 valence electrons. The fraction of sp³-hybridized carbons (Fsp3) is 0.923. The number of carbonyl (C=O) groups is 1. The molecule has 1 heterocycles. The average Bonchev–Trinajstić information content (AvgIpc) is 2.61. The van der Waals surface area contributed by atoms with Gasteiger partial charge in [-0.05, 0) is 40.0 Å². The quantitative estimate of drug-likeness (QED) is 0.796. The zero-order valence-electron chi connectivity index (χ0n) is 12.3. The summed E-state index contributed by atoms with van der Waals surface area (Å²) < 4.78 is 29.0. The molecule has 0 aromatic heterocycles. The summed E-state index contributed by atoms with van der Waals surface area (Å²) in [6.07, 6.45) is 1.79. The van der Waals surface area contributed by atoms with E-state index in [0.29, 0.717) is 13.0 Å². The molecule has 0 N–H and O–H groups in total. The molecule has 1 fully saturated rings. The van der Waals surface area contributed by atoms with Crippen LogP contribution in [0.4, 0.5) is 4.79 Å². The lowest BCUT2D eigenvalue weighted by atomic mass is 10.2. The number of hydrogen-bond acceptors (Lipinski definition) is 4. The summed E-state index contributed by atoms with van der Waals surface area (Å²) in [4.78, 5) is 13.6. The molecule has 0 saturated carbocycles. The molecule has 0 radical (unpaired) electrons. The van der Waals surface area contributed by atoms with Crippen molar-refractivity contribution in [3.8, 4) is 0 Å². The van der Waals surface area contributed by atoms with Crippen LogP contribution in [0.5, 0.6) is 0 Å². The molecular formula is C13H25NO4S. The van der Waals surface area contributed by atoms with Gasteiger partial charge in [-0.1, -0.05) is 6.92 Å². The fourth-order valence-electron chi connectivity index (χ4n) is 2.26. The van der Waals surface area contributed by atoms with Crippen molar-refractivity contribution in [2.24, 2.45) is 0 Å². The Bertz CT molecular complexity index is 411. The highest BCUT2D eigenvalue weighted by molar-refractivity contribution is 7.91. The molecule has 0 bridgehead atoms. The van der Waals surface area contributed by atoms with E-state index in [4.69, 9.17) is 4.74 Å². The summed E-state index contributed by atoms with van der Waals surface area (Å²) in [5.74, 6) is 0.242. The van der Waals surface area contributed by atoms with Crippen LogP contribution in [0, 0.1) is 0 Å². The van der Waals surface area contributed by atoms with E-state index in [1.165, 1.54) is 0 Å². The van der Waals surface area contributed by atoms with Crippen LogP contribution < -0.4 is 0 Å². The van der Waals surface area contributed by atoms with E-state index in [-0.39, 0.29) is 17.5 Å². The number of nitrogens with zero attached hydrogens (tertiary/aromatic N) is 1. The second-order valence-corrected chi connectivity index (χ2v) is 8.31. The largest absolute Gasteiger partial charge is 0.444 e. The van der Waals surface area contributed by atoms with Crippen LogP contribution in [0.3, 0.4) is 0 Å². The van der Waals surface area contributed by atoms with Crippen LogP contribution in [-0.2, 0) is 14.6 Å². The minimum Gasteiger partial charge on any atom is -0.444 e. The van der Waals surface area contributed by atoms with E-state index < -0.39 is 21.5 Å². The number of likely N-dealkylation sites (tertiary alicyclic amines) is 1. The Hall–Kier alpha value is -0.780. The van der Waals surface area contributed by atoms with Crippen molar-refractivity contribution in [3.63, 3.8) is 0 Å². The van der Waals surface area contributed by atoms with Crippen molar-refractivity contribution in [1.82, 2.24) is 4.90 Å². The molecule has 0 aromatic rings. The summed E-state index contributed by atoms with van der Waals surface area (Å²) >= 11 is 0. The highest BCUT2D eigenvalue weighted by atomic mass is 32.2. The van der Waals surface area contributed by atoms with Gasteiger partial charge in [0.15, 0.2) is 9.84 Å². The first-order valence-corrected chi connectivity index (χ1v) is 8.67. The van der Waals surface area contributed by atoms with Crippen LogP contribution >= 0.6 is 0 Å². The number of sulfone groups is 1. The maximum Gasteiger partial charge on any atom is 0.410 e. The number of ether oxygens (including phenoxy) is 1. The van der Waals surface area contributed by atoms with Crippen LogP contribution in [0.25, 0.3) is 0 Å². The molecular weight excluding hydrogens is 266 g/mol. The van der Waals surface area contributed by atoms with Crippen molar-refractivity contribution >= 4 is 15.9 Å². The zero-order chi connectivity index (χ0) is 14.7. The Morgan fingerprint density at radius 2 is 2.00 bits per heavy atom. The maximum absolute atomic E-state index is 12.0. The van der Waals surface area contributed by atoms with Gasteiger partial charge in [0.25, 0.3) is 0 Å². The SMILES string of the molecule is CCCS(=O)(=O)C[C@H]1CCCN1C(=O)OC(C)(C)C. The number of amides is 1. The van der Waals surface area contributed by atoms with Crippen molar-refractivity contribution in [2.75, 3.05) is 18.1 Å². The van der Waals surface area contributed by atoms with Gasteiger partial charge in [-0.15, -0.1) is 0 Å². The normalized spacial score (nSPS) is 20.6. The monoisotopic (exact) mass is 291 g/mol. The maximum atomic E-state index is 12.0. The molecule has 0 aromatic carbocycles. The summed E-state index contributed by atoms with van der Waals surface area (Å²) in [6, 6.07) is -0.230. The molecule has 0 aliphatic carbocycles. The Morgan fingerprint density at radius 3 is 2.53 bits per heavy atom. The third-order valence-electron chi connectivity index (χ3n) is 2.97. The van der Waals surface area contributed by atoms with Crippen molar-refractivity contribution < 1.29 is 17.9 Å². The van der Waals surface area contributed by atoms with E-state index in [1.807, 2.05) is 27.7 Å². The van der Waals surface area contributed by atoms with Gasteiger partial charge in [-0.2, -0.15) is 0 Å². The second-order valence-electron chi connectivity index (χ2n) is 6.08. The second kappa shape index (κ2) is 6.11. The Balaban J connectivity index is 2.67. The van der Waals surface area contributed by atoms with Gasteiger partial charge in [0.2, 0.25) is 0 Å². The highest BCUT2D eigenvalue weighted by Gasteiger charge is 2.34. The number of rotatable bonds is 4. The third kappa shape index (κ3) is 5.38. The summed E-state index contributed by atoms with van der Waals surface area (Å²) in [6.45, 7) is 7.86. The van der Waals surface area contributed by atoms with E-state index in [9.17, 15) is 13.2 Å². The molecule has 1 saturated heterocycles. The zero-order valence-corrected chi connectivity index (χ0v) is 13.1. The summed E-state index contributed by atoms with van der Waals surface area (Å²) in [5.41, 5.74) is -0.549. The first-order valence-electron chi connectivity index (χ1n) is 6.84. The summed E-state index contributed by atoms with van der Waals surface area (Å²) in [7, 11) is -3.07.